The van der Waals surface area contributed by atoms with Gasteiger partial charge >= 0.3 is 12.1 Å². The number of carboxylic acids is 1. The van der Waals surface area contributed by atoms with Crippen LogP contribution in [0.4, 0.5) is 4.79 Å². The fourth-order valence-electron chi connectivity index (χ4n) is 1.94. The second-order valence-corrected chi connectivity index (χ2v) is 4.88. The van der Waals surface area contributed by atoms with E-state index in [1.165, 1.54) is 6.26 Å². The second kappa shape index (κ2) is 7.31. The molecule has 0 spiro atoms. The minimum atomic E-state index is -1.04. The summed E-state index contributed by atoms with van der Waals surface area (Å²) in [6, 6.07) is 10.1. The summed E-state index contributed by atoms with van der Waals surface area (Å²) in [7, 11) is 0. The van der Waals surface area contributed by atoms with Gasteiger partial charge in [-0.3, -0.25) is 4.79 Å². The molecule has 0 aliphatic heterocycles. The Morgan fingerprint density at radius 1 is 1.32 bits per heavy atom. The van der Waals surface area contributed by atoms with Gasteiger partial charge in [-0.1, -0.05) is 30.3 Å². The van der Waals surface area contributed by atoms with Crippen LogP contribution in [0.3, 0.4) is 0 Å². The fourth-order valence-corrected chi connectivity index (χ4v) is 1.94. The van der Waals surface area contributed by atoms with Gasteiger partial charge in [0.1, 0.15) is 18.4 Å². The molecule has 22 heavy (non-hydrogen) atoms. The Hall–Kier alpha value is -2.76. The molecule has 0 saturated heterocycles. The molecule has 1 aromatic heterocycles. The SMILES string of the molecule is Cc1coc([C@@H](CC(=O)O)NC(=O)OCc2ccccc2)c1. The summed E-state index contributed by atoms with van der Waals surface area (Å²) in [4.78, 5) is 22.7. The fraction of sp³-hybridized carbons (Fsp3) is 0.250. The molecule has 6 nitrogen and oxygen atoms in total. The summed E-state index contributed by atoms with van der Waals surface area (Å²) in [5, 5.41) is 11.5. The number of ether oxygens (including phenoxy) is 1. The molecular weight excluding hydrogens is 286 g/mol. The van der Waals surface area contributed by atoms with E-state index in [0.29, 0.717) is 5.76 Å². The van der Waals surface area contributed by atoms with Gasteiger partial charge in [-0.25, -0.2) is 4.79 Å². The quantitative estimate of drug-likeness (QED) is 0.856. The molecule has 0 radical (unpaired) electrons. The number of furan rings is 1. The van der Waals surface area contributed by atoms with Crippen LogP contribution in [0.25, 0.3) is 0 Å². The number of amides is 1. The first kappa shape index (κ1) is 15.6. The summed E-state index contributed by atoms with van der Waals surface area (Å²) in [6.45, 7) is 1.93. The van der Waals surface area contributed by atoms with Gasteiger partial charge in [-0.15, -0.1) is 0 Å². The van der Waals surface area contributed by atoms with E-state index < -0.39 is 18.1 Å². The van der Waals surface area contributed by atoms with E-state index in [9.17, 15) is 9.59 Å². The Labute approximate surface area is 127 Å². The Bertz CT molecular complexity index is 635. The molecule has 6 heteroatoms. The lowest BCUT2D eigenvalue weighted by molar-refractivity contribution is -0.137. The van der Waals surface area contributed by atoms with Crippen molar-refractivity contribution in [3.63, 3.8) is 0 Å². The van der Waals surface area contributed by atoms with Crippen LogP contribution in [0, 0.1) is 6.92 Å². The van der Waals surface area contributed by atoms with Crippen LogP contribution in [0.1, 0.15) is 29.3 Å². The van der Waals surface area contributed by atoms with E-state index >= 15 is 0 Å². The lowest BCUT2D eigenvalue weighted by Crippen LogP contribution is -2.30. The highest BCUT2D eigenvalue weighted by Gasteiger charge is 2.21. The summed E-state index contributed by atoms with van der Waals surface area (Å²) < 4.78 is 10.3. The van der Waals surface area contributed by atoms with Crippen molar-refractivity contribution in [2.45, 2.75) is 26.0 Å². The molecule has 0 bridgehead atoms. The van der Waals surface area contributed by atoms with Gasteiger partial charge < -0.3 is 19.6 Å². The number of nitrogens with one attached hydrogen (secondary N) is 1. The highest BCUT2D eigenvalue weighted by Crippen LogP contribution is 2.19. The Kier molecular flexibility index (Phi) is 5.19. The lowest BCUT2D eigenvalue weighted by atomic mass is 10.1. The number of rotatable bonds is 6. The molecule has 0 aliphatic rings. The van der Waals surface area contributed by atoms with E-state index in [1.54, 1.807) is 6.07 Å². The maximum Gasteiger partial charge on any atom is 0.408 e. The number of aryl methyl sites for hydroxylation is 1. The van der Waals surface area contributed by atoms with Gasteiger partial charge in [-0.2, -0.15) is 0 Å². The average molecular weight is 303 g/mol. The van der Waals surface area contributed by atoms with Crippen molar-refractivity contribution in [3.05, 3.63) is 59.5 Å². The third-order valence-corrected chi connectivity index (χ3v) is 2.98. The highest BCUT2D eigenvalue weighted by molar-refractivity contribution is 5.71. The molecule has 0 aliphatic carbocycles. The zero-order valence-electron chi connectivity index (χ0n) is 12.1. The van der Waals surface area contributed by atoms with Gasteiger partial charge in [0.15, 0.2) is 0 Å². The summed E-state index contributed by atoms with van der Waals surface area (Å²) in [6.07, 6.45) is 0.526. The van der Waals surface area contributed by atoms with Gasteiger partial charge in [0, 0.05) is 0 Å². The minimum Gasteiger partial charge on any atom is -0.481 e. The van der Waals surface area contributed by atoms with Crippen molar-refractivity contribution in [1.82, 2.24) is 5.32 Å². The molecule has 0 unspecified atom stereocenters. The minimum absolute atomic E-state index is 0.115. The molecule has 1 atom stereocenters. The van der Waals surface area contributed by atoms with Crippen LogP contribution >= 0.6 is 0 Å². The first-order chi connectivity index (χ1) is 10.5. The van der Waals surface area contributed by atoms with Crippen LogP contribution < -0.4 is 5.32 Å². The Morgan fingerprint density at radius 3 is 2.64 bits per heavy atom. The van der Waals surface area contributed by atoms with Crippen LogP contribution in [0.5, 0.6) is 0 Å². The van der Waals surface area contributed by atoms with Crippen LogP contribution in [0.15, 0.2) is 47.1 Å². The molecule has 116 valence electrons. The molecule has 2 rings (SSSR count). The number of aliphatic carboxylic acids is 1. The molecule has 2 aromatic rings. The first-order valence-corrected chi connectivity index (χ1v) is 6.78. The summed E-state index contributed by atoms with van der Waals surface area (Å²) in [5.74, 6) is -0.654. The van der Waals surface area contributed by atoms with Crippen molar-refractivity contribution in [3.8, 4) is 0 Å². The van der Waals surface area contributed by atoms with Gasteiger partial charge in [0.05, 0.1) is 12.7 Å². The zero-order valence-corrected chi connectivity index (χ0v) is 12.1. The van der Waals surface area contributed by atoms with Crippen molar-refractivity contribution in [2.24, 2.45) is 0 Å². The Balaban J connectivity index is 1.94. The predicted molar refractivity (Wildman–Crippen MR) is 78.2 cm³/mol. The largest absolute Gasteiger partial charge is 0.481 e. The second-order valence-electron chi connectivity index (χ2n) is 4.88. The van der Waals surface area contributed by atoms with Crippen LogP contribution in [0.2, 0.25) is 0 Å². The molecule has 1 amide bonds. The number of carboxylic acid groups (broad SMARTS) is 1. The van der Waals surface area contributed by atoms with Crippen LogP contribution in [-0.2, 0) is 16.1 Å². The van der Waals surface area contributed by atoms with E-state index in [0.717, 1.165) is 11.1 Å². The van der Waals surface area contributed by atoms with E-state index in [4.69, 9.17) is 14.3 Å². The van der Waals surface area contributed by atoms with E-state index in [1.807, 2.05) is 37.3 Å². The molecule has 0 fully saturated rings. The third kappa shape index (κ3) is 4.66. The van der Waals surface area contributed by atoms with Crippen molar-refractivity contribution >= 4 is 12.1 Å². The zero-order chi connectivity index (χ0) is 15.9. The maximum atomic E-state index is 11.8. The summed E-state index contributed by atoms with van der Waals surface area (Å²) >= 11 is 0. The number of hydrogen-bond acceptors (Lipinski definition) is 4. The standard InChI is InChI=1S/C16H17NO5/c1-11-7-14(21-9-11)13(8-15(18)19)17-16(20)22-10-12-5-3-2-4-6-12/h2-7,9,13H,8,10H2,1H3,(H,17,20)(H,18,19)/t13-/m1/s1. The molecule has 2 N–H and O–H groups in total. The normalized spacial score (nSPS) is 11.7. The monoisotopic (exact) mass is 303 g/mol. The predicted octanol–water partition coefficient (Wildman–Crippen LogP) is 3.03. The Morgan fingerprint density at radius 2 is 2.05 bits per heavy atom. The topological polar surface area (TPSA) is 88.8 Å². The van der Waals surface area contributed by atoms with E-state index in [-0.39, 0.29) is 13.0 Å². The average Bonchev–Trinajstić information content (AvgIpc) is 2.92. The summed E-state index contributed by atoms with van der Waals surface area (Å²) in [5.41, 5.74) is 1.70. The van der Waals surface area contributed by atoms with Crippen molar-refractivity contribution < 1.29 is 23.8 Å². The molecule has 1 aromatic carbocycles. The highest BCUT2D eigenvalue weighted by atomic mass is 16.5. The number of hydrogen-bond donors (Lipinski definition) is 2. The number of alkyl carbamates (subject to hydrolysis) is 1. The maximum absolute atomic E-state index is 11.8. The van der Waals surface area contributed by atoms with E-state index in [2.05, 4.69) is 5.32 Å². The van der Waals surface area contributed by atoms with Crippen LogP contribution in [-0.4, -0.2) is 17.2 Å². The third-order valence-electron chi connectivity index (χ3n) is 2.98. The number of carbonyl (C=O) groups is 2. The first-order valence-electron chi connectivity index (χ1n) is 6.78. The number of benzene rings is 1. The van der Waals surface area contributed by atoms with Gasteiger partial charge in [-0.05, 0) is 24.1 Å². The smallest absolute Gasteiger partial charge is 0.408 e. The van der Waals surface area contributed by atoms with Gasteiger partial charge in [0.2, 0.25) is 0 Å². The van der Waals surface area contributed by atoms with Crippen molar-refractivity contribution in [2.75, 3.05) is 0 Å². The van der Waals surface area contributed by atoms with Crippen molar-refractivity contribution in [1.29, 1.82) is 0 Å². The van der Waals surface area contributed by atoms with Gasteiger partial charge in [0.25, 0.3) is 0 Å². The molecular formula is C16H17NO5. The molecule has 1 heterocycles. The number of carbonyl (C=O) groups excluding carboxylic acids is 1. The molecule has 0 saturated carbocycles. The lowest BCUT2D eigenvalue weighted by Gasteiger charge is -2.14.